The van der Waals surface area contributed by atoms with Gasteiger partial charge in [0.1, 0.15) is 12.0 Å². The Bertz CT molecular complexity index is 415. The minimum absolute atomic E-state index is 0.0573. The van der Waals surface area contributed by atoms with Crippen LogP contribution in [-0.4, -0.2) is 19.6 Å². The molecule has 0 atom stereocenters. The SMILES string of the molecule is O=C(Nc1ccc([N+](=O)[O-])cn1)C(Cl)(Cl)Cl. The summed E-state index contributed by atoms with van der Waals surface area (Å²) in [7, 11) is 0. The first-order valence-electron chi connectivity index (χ1n) is 3.79. The largest absolute Gasteiger partial charge is 0.307 e. The van der Waals surface area contributed by atoms with Crippen molar-refractivity contribution in [1.29, 1.82) is 0 Å². The maximum absolute atomic E-state index is 11.2. The molecule has 6 nitrogen and oxygen atoms in total. The molecule has 0 saturated heterocycles. The fraction of sp³-hybridized carbons (Fsp3) is 0.143. The Morgan fingerprint density at radius 1 is 1.44 bits per heavy atom. The highest BCUT2D eigenvalue weighted by Gasteiger charge is 2.30. The molecule has 0 unspecified atom stereocenters. The van der Waals surface area contributed by atoms with Gasteiger partial charge in [-0.1, -0.05) is 34.8 Å². The molecule has 9 heteroatoms. The molecule has 0 fully saturated rings. The number of aromatic nitrogens is 1. The standard InChI is InChI=1S/C7H4Cl3N3O3/c8-7(9,10)6(14)12-5-2-1-4(3-11-5)13(15)16/h1-3H,(H,11,12,14). The molecule has 0 aliphatic carbocycles. The van der Waals surface area contributed by atoms with E-state index in [0.717, 1.165) is 6.20 Å². The van der Waals surface area contributed by atoms with Gasteiger partial charge in [-0.05, 0) is 6.07 Å². The number of nitrogens with zero attached hydrogens (tertiary/aromatic N) is 2. The number of anilines is 1. The van der Waals surface area contributed by atoms with Crippen LogP contribution in [0.25, 0.3) is 0 Å². The quantitative estimate of drug-likeness (QED) is 0.513. The first-order chi connectivity index (χ1) is 7.30. The van der Waals surface area contributed by atoms with E-state index < -0.39 is 14.6 Å². The average Bonchev–Trinajstić information content (AvgIpc) is 2.17. The summed E-state index contributed by atoms with van der Waals surface area (Å²) in [6, 6.07) is 2.40. The topological polar surface area (TPSA) is 85.1 Å². The number of nitro groups is 1. The van der Waals surface area contributed by atoms with Gasteiger partial charge in [0.25, 0.3) is 15.4 Å². The van der Waals surface area contributed by atoms with Gasteiger partial charge >= 0.3 is 0 Å². The molecule has 0 radical (unpaired) electrons. The van der Waals surface area contributed by atoms with Crippen molar-refractivity contribution in [3.05, 3.63) is 28.4 Å². The Balaban J connectivity index is 2.77. The van der Waals surface area contributed by atoms with E-state index in [2.05, 4.69) is 10.3 Å². The molecule has 0 aliphatic heterocycles. The van der Waals surface area contributed by atoms with E-state index in [1.54, 1.807) is 0 Å². The number of carbonyl (C=O) groups is 1. The third-order valence-electron chi connectivity index (χ3n) is 1.46. The number of amides is 1. The summed E-state index contributed by atoms with van der Waals surface area (Å²) in [4.78, 5) is 24.5. The van der Waals surface area contributed by atoms with Gasteiger partial charge in [0.2, 0.25) is 0 Å². The van der Waals surface area contributed by atoms with E-state index >= 15 is 0 Å². The lowest BCUT2D eigenvalue weighted by atomic mass is 10.4. The zero-order valence-electron chi connectivity index (χ0n) is 7.49. The summed E-state index contributed by atoms with van der Waals surface area (Å²) in [6.07, 6.45) is 0.980. The molecule has 0 aromatic carbocycles. The summed E-state index contributed by atoms with van der Waals surface area (Å²) in [6.45, 7) is 0. The second kappa shape index (κ2) is 4.82. The highest BCUT2D eigenvalue weighted by Crippen LogP contribution is 2.27. The van der Waals surface area contributed by atoms with Crippen molar-refractivity contribution in [2.45, 2.75) is 3.79 Å². The number of halogens is 3. The summed E-state index contributed by atoms with van der Waals surface area (Å²) >= 11 is 15.9. The third-order valence-corrected chi connectivity index (χ3v) is 1.97. The van der Waals surface area contributed by atoms with Crippen LogP contribution in [0.15, 0.2) is 18.3 Å². The Morgan fingerprint density at radius 2 is 2.06 bits per heavy atom. The van der Waals surface area contributed by atoms with Crippen molar-refractivity contribution in [3.8, 4) is 0 Å². The molecule has 86 valence electrons. The maximum atomic E-state index is 11.2. The van der Waals surface area contributed by atoms with E-state index in [9.17, 15) is 14.9 Å². The molecular formula is C7H4Cl3N3O3. The minimum Gasteiger partial charge on any atom is -0.307 e. The minimum atomic E-state index is -2.11. The molecule has 1 aromatic heterocycles. The summed E-state index contributed by atoms with van der Waals surface area (Å²) < 4.78 is -2.11. The van der Waals surface area contributed by atoms with E-state index in [4.69, 9.17) is 34.8 Å². The molecule has 1 heterocycles. The molecule has 16 heavy (non-hydrogen) atoms. The van der Waals surface area contributed by atoms with Crippen LogP contribution in [0.4, 0.5) is 11.5 Å². The number of hydrogen-bond acceptors (Lipinski definition) is 4. The zero-order valence-corrected chi connectivity index (χ0v) is 9.75. The molecule has 1 N–H and O–H groups in total. The van der Waals surface area contributed by atoms with Crippen LogP contribution in [-0.2, 0) is 4.79 Å². The van der Waals surface area contributed by atoms with Crippen LogP contribution in [0.1, 0.15) is 0 Å². The maximum Gasteiger partial charge on any atom is 0.287 e. The highest BCUT2D eigenvalue weighted by atomic mass is 35.6. The summed E-state index contributed by atoms with van der Waals surface area (Å²) in [5.41, 5.74) is -0.202. The van der Waals surface area contributed by atoms with Crippen LogP contribution >= 0.6 is 34.8 Å². The predicted molar refractivity (Wildman–Crippen MR) is 59.8 cm³/mol. The van der Waals surface area contributed by atoms with Crippen molar-refractivity contribution < 1.29 is 9.72 Å². The van der Waals surface area contributed by atoms with Gasteiger partial charge in [0, 0.05) is 6.07 Å². The van der Waals surface area contributed by atoms with Gasteiger partial charge in [-0.2, -0.15) is 0 Å². The fourth-order valence-electron chi connectivity index (χ4n) is 0.755. The van der Waals surface area contributed by atoms with Gasteiger partial charge < -0.3 is 5.32 Å². The van der Waals surface area contributed by atoms with Crippen LogP contribution in [0, 0.1) is 10.1 Å². The van der Waals surface area contributed by atoms with Crippen LogP contribution in [0.3, 0.4) is 0 Å². The Hall–Kier alpha value is -1.11. The Kier molecular flexibility index (Phi) is 3.90. The number of hydrogen-bond donors (Lipinski definition) is 1. The number of pyridine rings is 1. The van der Waals surface area contributed by atoms with Gasteiger partial charge in [0.05, 0.1) is 4.92 Å². The van der Waals surface area contributed by atoms with E-state index in [-0.39, 0.29) is 11.5 Å². The van der Waals surface area contributed by atoms with Crippen molar-refractivity contribution in [2.24, 2.45) is 0 Å². The van der Waals surface area contributed by atoms with Crippen molar-refractivity contribution in [3.63, 3.8) is 0 Å². The van der Waals surface area contributed by atoms with Crippen molar-refractivity contribution in [1.82, 2.24) is 4.98 Å². The number of rotatable bonds is 2. The number of carbonyl (C=O) groups excluding carboxylic acids is 1. The smallest absolute Gasteiger partial charge is 0.287 e. The van der Waals surface area contributed by atoms with Gasteiger partial charge in [-0.25, -0.2) is 4.98 Å². The molecule has 0 aliphatic rings. The van der Waals surface area contributed by atoms with Crippen LogP contribution in [0.2, 0.25) is 0 Å². The van der Waals surface area contributed by atoms with E-state index in [1.165, 1.54) is 12.1 Å². The molecule has 0 bridgehead atoms. The molecule has 0 saturated carbocycles. The van der Waals surface area contributed by atoms with Crippen molar-refractivity contribution >= 4 is 52.2 Å². The van der Waals surface area contributed by atoms with E-state index in [1.807, 2.05) is 0 Å². The third kappa shape index (κ3) is 3.48. The van der Waals surface area contributed by atoms with Crippen LogP contribution < -0.4 is 5.32 Å². The lowest BCUT2D eigenvalue weighted by Crippen LogP contribution is -2.27. The zero-order chi connectivity index (χ0) is 12.3. The molecular weight excluding hydrogens is 280 g/mol. The normalized spacial score (nSPS) is 10.9. The number of nitrogens with one attached hydrogen (secondary N) is 1. The van der Waals surface area contributed by atoms with E-state index in [0.29, 0.717) is 0 Å². The monoisotopic (exact) mass is 283 g/mol. The lowest BCUT2D eigenvalue weighted by Gasteiger charge is -2.10. The second-order valence-electron chi connectivity index (χ2n) is 2.61. The highest BCUT2D eigenvalue weighted by molar-refractivity contribution is 6.76. The first kappa shape index (κ1) is 13.0. The molecule has 1 rings (SSSR count). The van der Waals surface area contributed by atoms with Gasteiger partial charge in [-0.3, -0.25) is 14.9 Å². The lowest BCUT2D eigenvalue weighted by molar-refractivity contribution is -0.385. The Morgan fingerprint density at radius 3 is 2.44 bits per heavy atom. The van der Waals surface area contributed by atoms with Crippen molar-refractivity contribution in [2.75, 3.05) is 5.32 Å². The average molecular weight is 284 g/mol. The number of alkyl halides is 3. The summed E-state index contributed by atoms with van der Waals surface area (Å²) in [5.74, 6) is -0.833. The molecule has 1 amide bonds. The fourth-order valence-corrected chi connectivity index (χ4v) is 0.897. The molecule has 0 spiro atoms. The van der Waals surface area contributed by atoms with Gasteiger partial charge in [0.15, 0.2) is 0 Å². The van der Waals surface area contributed by atoms with Gasteiger partial charge in [-0.15, -0.1) is 0 Å². The van der Waals surface area contributed by atoms with Crippen LogP contribution in [0.5, 0.6) is 0 Å². The second-order valence-corrected chi connectivity index (χ2v) is 4.89. The first-order valence-corrected chi connectivity index (χ1v) is 4.92. The Labute approximate surface area is 105 Å². The summed E-state index contributed by atoms with van der Waals surface area (Å²) in [5, 5.41) is 12.5. The predicted octanol–water partition coefficient (Wildman–Crippen LogP) is 2.30. The molecule has 1 aromatic rings.